The van der Waals surface area contributed by atoms with E-state index in [1.54, 1.807) is 12.4 Å². The third-order valence-electron chi connectivity index (χ3n) is 4.22. The smallest absolute Gasteiger partial charge is 0.222 e. The van der Waals surface area contributed by atoms with E-state index < -0.39 is 0 Å². The van der Waals surface area contributed by atoms with Crippen molar-refractivity contribution in [3.05, 3.63) is 58.6 Å². The molecular formula is C17H20N6S. The van der Waals surface area contributed by atoms with Crippen molar-refractivity contribution in [2.75, 3.05) is 11.9 Å². The number of nitrogens with one attached hydrogen (secondary N) is 1. The minimum absolute atomic E-state index is 0.642. The molecule has 3 aromatic rings. The van der Waals surface area contributed by atoms with Gasteiger partial charge in [-0.2, -0.15) is 0 Å². The summed E-state index contributed by atoms with van der Waals surface area (Å²) in [6, 6.07) is 6.15. The Hall–Kier alpha value is -2.25. The van der Waals surface area contributed by atoms with Gasteiger partial charge < -0.3 is 9.88 Å². The number of thiophene rings is 1. The van der Waals surface area contributed by atoms with Gasteiger partial charge in [0.15, 0.2) is 0 Å². The average Bonchev–Trinajstić information content (AvgIpc) is 3.20. The molecule has 0 saturated carbocycles. The molecule has 0 amide bonds. The first-order valence-electron chi connectivity index (χ1n) is 8.17. The lowest BCUT2D eigenvalue weighted by Crippen LogP contribution is -2.23. The number of hydrogen-bond donors (Lipinski definition) is 1. The lowest BCUT2D eigenvalue weighted by molar-refractivity contribution is 0.262. The van der Waals surface area contributed by atoms with Crippen molar-refractivity contribution in [1.82, 2.24) is 24.4 Å². The SMILES string of the molecule is c1cnc(NCc2ncn3c2CN(Cc2cccs2)CCC3)nc1. The summed E-state index contributed by atoms with van der Waals surface area (Å²) in [6.07, 6.45) is 6.60. The van der Waals surface area contributed by atoms with E-state index in [0.717, 1.165) is 38.3 Å². The molecule has 6 nitrogen and oxygen atoms in total. The second kappa shape index (κ2) is 7.11. The van der Waals surface area contributed by atoms with Gasteiger partial charge in [-0.05, 0) is 23.9 Å². The highest BCUT2D eigenvalue weighted by Gasteiger charge is 2.19. The van der Waals surface area contributed by atoms with Gasteiger partial charge in [0.05, 0.1) is 24.3 Å². The van der Waals surface area contributed by atoms with E-state index in [1.807, 2.05) is 23.7 Å². The standard InChI is InChI=1S/C17H20N6S/c1-4-14(24-9-1)11-22-7-3-8-23-13-21-15(16(23)12-22)10-20-17-18-5-2-6-19-17/h1-2,4-6,9,13H,3,7-8,10-12H2,(H,18,19,20). The number of rotatable bonds is 5. The molecule has 0 aromatic carbocycles. The molecule has 1 aliphatic rings. The van der Waals surface area contributed by atoms with E-state index >= 15 is 0 Å². The number of aryl methyl sites for hydroxylation is 1. The molecule has 0 unspecified atom stereocenters. The second-order valence-corrected chi connectivity index (χ2v) is 6.93. The molecule has 7 heteroatoms. The molecule has 0 bridgehead atoms. The van der Waals surface area contributed by atoms with Crippen LogP contribution in [0.1, 0.15) is 22.7 Å². The molecule has 4 heterocycles. The van der Waals surface area contributed by atoms with Crippen LogP contribution in [0.4, 0.5) is 5.95 Å². The fourth-order valence-electron chi connectivity index (χ4n) is 3.04. The topological polar surface area (TPSA) is 58.9 Å². The van der Waals surface area contributed by atoms with Crippen LogP contribution in [-0.2, 0) is 26.2 Å². The predicted molar refractivity (Wildman–Crippen MR) is 94.6 cm³/mol. The van der Waals surface area contributed by atoms with E-state index in [4.69, 9.17) is 0 Å². The normalized spacial score (nSPS) is 15.0. The third kappa shape index (κ3) is 3.47. The van der Waals surface area contributed by atoms with E-state index in [2.05, 4.69) is 47.2 Å². The number of nitrogens with zero attached hydrogens (tertiary/aromatic N) is 5. The summed E-state index contributed by atoms with van der Waals surface area (Å²) in [5.74, 6) is 0.642. The highest BCUT2D eigenvalue weighted by molar-refractivity contribution is 7.09. The maximum Gasteiger partial charge on any atom is 0.222 e. The Labute approximate surface area is 145 Å². The summed E-state index contributed by atoms with van der Waals surface area (Å²) in [7, 11) is 0. The molecule has 1 N–H and O–H groups in total. The first-order chi connectivity index (χ1) is 11.9. The van der Waals surface area contributed by atoms with Crippen LogP contribution in [0.5, 0.6) is 0 Å². The van der Waals surface area contributed by atoms with Crippen LogP contribution in [-0.4, -0.2) is 31.0 Å². The molecule has 0 aliphatic carbocycles. The van der Waals surface area contributed by atoms with Gasteiger partial charge in [0.1, 0.15) is 0 Å². The van der Waals surface area contributed by atoms with E-state index in [1.165, 1.54) is 10.6 Å². The van der Waals surface area contributed by atoms with Crippen molar-refractivity contribution >= 4 is 17.3 Å². The van der Waals surface area contributed by atoms with Crippen LogP contribution < -0.4 is 5.32 Å². The van der Waals surface area contributed by atoms with Gasteiger partial charge >= 0.3 is 0 Å². The van der Waals surface area contributed by atoms with Crippen LogP contribution >= 0.6 is 11.3 Å². The molecular weight excluding hydrogens is 320 g/mol. The number of anilines is 1. The summed E-state index contributed by atoms with van der Waals surface area (Å²) in [6.45, 7) is 4.75. The number of fused-ring (bicyclic) bond motifs is 1. The van der Waals surface area contributed by atoms with Gasteiger partial charge in [0.2, 0.25) is 5.95 Å². The van der Waals surface area contributed by atoms with Crippen LogP contribution in [0.2, 0.25) is 0 Å². The zero-order valence-corrected chi connectivity index (χ0v) is 14.2. The molecule has 24 heavy (non-hydrogen) atoms. The third-order valence-corrected chi connectivity index (χ3v) is 5.08. The van der Waals surface area contributed by atoms with Gasteiger partial charge in [0.25, 0.3) is 0 Å². The van der Waals surface area contributed by atoms with Crippen molar-refractivity contribution in [2.24, 2.45) is 0 Å². The quantitative estimate of drug-likeness (QED) is 0.774. The summed E-state index contributed by atoms with van der Waals surface area (Å²) in [5, 5.41) is 5.41. The van der Waals surface area contributed by atoms with Crippen LogP contribution in [0.3, 0.4) is 0 Å². The first kappa shape index (κ1) is 15.3. The lowest BCUT2D eigenvalue weighted by Gasteiger charge is -2.19. The van der Waals surface area contributed by atoms with Gasteiger partial charge in [-0.25, -0.2) is 15.0 Å². The maximum atomic E-state index is 4.61. The van der Waals surface area contributed by atoms with Crippen molar-refractivity contribution < 1.29 is 0 Å². The average molecular weight is 340 g/mol. The zero-order chi connectivity index (χ0) is 16.2. The highest BCUT2D eigenvalue weighted by Crippen LogP contribution is 2.20. The van der Waals surface area contributed by atoms with Crippen LogP contribution in [0.25, 0.3) is 0 Å². The maximum absolute atomic E-state index is 4.61. The Kier molecular flexibility index (Phi) is 4.53. The summed E-state index contributed by atoms with van der Waals surface area (Å²) < 4.78 is 2.29. The molecule has 124 valence electrons. The van der Waals surface area contributed by atoms with Crippen LogP contribution in [0, 0.1) is 0 Å². The Balaban J connectivity index is 1.47. The van der Waals surface area contributed by atoms with Gasteiger partial charge in [-0.3, -0.25) is 4.90 Å². The second-order valence-electron chi connectivity index (χ2n) is 5.90. The lowest BCUT2D eigenvalue weighted by atomic mass is 10.3. The Morgan fingerprint density at radius 2 is 2.04 bits per heavy atom. The fourth-order valence-corrected chi connectivity index (χ4v) is 3.78. The molecule has 4 rings (SSSR count). The van der Waals surface area contributed by atoms with Crippen LogP contribution in [0.15, 0.2) is 42.3 Å². The Morgan fingerprint density at radius 3 is 2.88 bits per heavy atom. The predicted octanol–water partition coefficient (Wildman–Crippen LogP) is 2.75. The minimum Gasteiger partial charge on any atom is -0.348 e. The summed E-state index contributed by atoms with van der Waals surface area (Å²) in [5.41, 5.74) is 2.38. The number of imidazole rings is 1. The minimum atomic E-state index is 0.642. The Morgan fingerprint density at radius 1 is 1.12 bits per heavy atom. The van der Waals surface area contributed by atoms with E-state index in [0.29, 0.717) is 12.5 Å². The molecule has 0 fully saturated rings. The molecule has 0 atom stereocenters. The molecule has 1 aliphatic heterocycles. The van der Waals surface area contributed by atoms with E-state index in [-0.39, 0.29) is 0 Å². The summed E-state index contributed by atoms with van der Waals surface area (Å²) >= 11 is 1.83. The van der Waals surface area contributed by atoms with Crippen molar-refractivity contribution in [3.63, 3.8) is 0 Å². The largest absolute Gasteiger partial charge is 0.348 e. The number of aromatic nitrogens is 4. The fraction of sp³-hybridized carbons (Fsp3) is 0.353. The van der Waals surface area contributed by atoms with Gasteiger partial charge in [-0.15, -0.1) is 11.3 Å². The Bertz CT molecular complexity index is 768. The summed E-state index contributed by atoms with van der Waals surface area (Å²) in [4.78, 5) is 16.9. The van der Waals surface area contributed by atoms with Crippen molar-refractivity contribution in [2.45, 2.75) is 32.6 Å². The number of hydrogen-bond acceptors (Lipinski definition) is 6. The molecule has 0 radical (unpaired) electrons. The van der Waals surface area contributed by atoms with E-state index in [9.17, 15) is 0 Å². The first-order valence-corrected chi connectivity index (χ1v) is 9.05. The van der Waals surface area contributed by atoms with Gasteiger partial charge in [0, 0.05) is 43.4 Å². The molecule has 0 spiro atoms. The molecule has 0 saturated heterocycles. The zero-order valence-electron chi connectivity index (χ0n) is 13.4. The van der Waals surface area contributed by atoms with Crippen molar-refractivity contribution in [3.8, 4) is 0 Å². The monoisotopic (exact) mass is 340 g/mol. The molecule has 3 aromatic heterocycles. The van der Waals surface area contributed by atoms with Gasteiger partial charge in [-0.1, -0.05) is 6.07 Å². The van der Waals surface area contributed by atoms with Crippen molar-refractivity contribution in [1.29, 1.82) is 0 Å². The highest BCUT2D eigenvalue weighted by atomic mass is 32.1.